The molecule has 7 nitrogen and oxygen atoms in total. The number of nitrogens with one attached hydrogen (secondary N) is 2. The van der Waals surface area contributed by atoms with Crippen LogP contribution in [0.3, 0.4) is 0 Å². The van der Waals surface area contributed by atoms with Gasteiger partial charge in [-0.25, -0.2) is 12.7 Å². The van der Waals surface area contributed by atoms with Crippen molar-refractivity contribution in [2.75, 3.05) is 52.2 Å². The molecule has 2 N–H and O–H groups in total. The molecule has 0 atom stereocenters. The van der Waals surface area contributed by atoms with E-state index in [1.807, 2.05) is 0 Å². The highest BCUT2D eigenvalue weighted by Crippen LogP contribution is 2.19. The third kappa shape index (κ3) is 6.57. The molecule has 0 saturated carbocycles. The molecule has 0 unspecified atom stereocenters. The topological polar surface area (TPSA) is 83.0 Å². The summed E-state index contributed by atoms with van der Waals surface area (Å²) < 4.78 is 30.1. The Morgan fingerprint density at radius 3 is 2.38 bits per heavy atom. The summed E-state index contributed by atoms with van der Waals surface area (Å²) in [5.41, 5.74) is 0. The number of guanidine groups is 1. The van der Waals surface area contributed by atoms with Crippen LogP contribution in [0, 0.1) is 11.8 Å². The molecule has 2 rings (SSSR count). The number of nitrogens with zero attached hydrogens (tertiary/aromatic N) is 2. The minimum absolute atomic E-state index is 0.460. The van der Waals surface area contributed by atoms with Crippen LogP contribution in [0.2, 0.25) is 0 Å². The fourth-order valence-electron chi connectivity index (χ4n) is 3.18. The smallest absolute Gasteiger partial charge is 0.211 e. The second-order valence-electron chi connectivity index (χ2n) is 6.76. The van der Waals surface area contributed by atoms with Crippen molar-refractivity contribution in [3.05, 3.63) is 0 Å². The number of hydrogen-bond acceptors (Lipinski definition) is 4. The van der Waals surface area contributed by atoms with Crippen LogP contribution < -0.4 is 10.6 Å². The Kier molecular flexibility index (Phi) is 7.77. The number of rotatable bonds is 6. The molecule has 140 valence electrons. The van der Waals surface area contributed by atoms with Gasteiger partial charge in [-0.1, -0.05) is 0 Å². The van der Waals surface area contributed by atoms with E-state index in [0.717, 1.165) is 64.5 Å². The summed E-state index contributed by atoms with van der Waals surface area (Å²) in [4.78, 5) is 4.70. The lowest BCUT2D eigenvalue weighted by Gasteiger charge is -2.29. The highest BCUT2D eigenvalue weighted by Gasteiger charge is 2.24. The summed E-state index contributed by atoms with van der Waals surface area (Å²) in [5.74, 6) is 1.98. The van der Waals surface area contributed by atoms with Gasteiger partial charge in [0.15, 0.2) is 5.96 Å². The molecular formula is C16H32N4O3S. The maximum atomic E-state index is 11.5. The van der Waals surface area contributed by atoms with Crippen molar-refractivity contribution in [2.24, 2.45) is 16.8 Å². The number of aliphatic imine (C=N–C) groups is 1. The van der Waals surface area contributed by atoms with Crippen LogP contribution in [0.25, 0.3) is 0 Å². The van der Waals surface area contributed by atoms with Crippen LogP contribution in [-0.2, 0) is 14.8 Å². The lowest BCUT2D eigenvalue weighted by atomic mass is 9.98. The van der Waals surface area contributed by atoms with Gasteiger partial charge >= 0.3 is 0 Å². The van der Waals surface area contributed by atoms with Gasteiger partial charge in [0.1, 0.15) is 0 Å². The largest absolute Gasteiger partial charge is 0.381 e. The van der Waals surface area contributed by atoms with Crippen molar-refractivity contribution < 1.29 is 13.2 Å². The Bertz CT molecular complexity index is 495. The predicted octanol–water partition coefficient (Wildman–Crippen LogP) is 0.640. The van der Waals surface area contributed by atoms with E-state index in [0.29, 0.717) is 24.9 Å². The first-order chi connectivity index (χ1) is 11.5. The fraction of sp³-hybridized carbons (Fsp3) is 0.938. The van der Waals surface area contributed by atoms with Crippen molar-refractivity contribution >= 4 is 16.0 Å². The molecule has 0 spiro atoms. The van der Waals surface area contributed by atoms with Gasteiger partial charge in [-0.3, -0.25) is 4.99 Å². The molecule has 2 saturated heterocycles. The minimum Gasteiger partial charge on any atom is -0.381 e. The van der Waals surface area contributed by atoms with Gasteiger partial charge in [0, 0.05) is 45.9 Å². The normalized spacial score (nSPS) is 22.5. The van der Waals surface area contributed by atoms with E-state index < -0.39 is 10.0 Å². The van der Waals surface area contributed by atoms with E-state index in [4.69, 9.17) is 9.73 Å². The molecule has 0 bridgehead atoms. The summed E-state index contributed by atoms with van der Waals surface area (Å²) >= 11 is 0. The molecule has 0 aliphatic carbocycles. The van der Waals surface area contributed by atoms with E-state index in [2.05, 4.69) is 17.6 Å². The van der Waals surface area contributed by atoms with Gasteiger partial charge in [-0.2, -0.15) is 0 Å². The average Bonchev–Trinajstić information content (AvgIpc) is 2.58. The zero-order chi connectivity index (χ0) is 17.4. The maximum absolute atomic E-state index is 11.5. The summed E-state index contributed by atoms with van der Waals surface area (Å²) in [5, 5.41) is 6.74. The van der Waals surface area contributed by atoms with Gasteiger partial charge in [0.2, 0.25) is 10.0 Å². The number of ether oxygens (including phenoxy) is 1. The highest BCUT2D eigenvalue weighted by molar-refractivity contribution is 7.88. The molecule has 8 heteroatoms. The summed E-state index contributed by atoms with van der Waals surface area (Å²) in [6.07, 6.45) is 5.27. The fourth-order valence-corrected chi connectivity index (χ4v) is 4.05. The molecule has 2 aliphatic heterocycles. The summed E-state index contributed by atoms with van der Waals surface area (Å²) in [6, 6.07) is 0. The van der Waals surface area contributed by atoms with E-state index in [-0.39, 0.29) is 0 Å². The number of piperidine rings is 1. The molecule has 0 aromatic heterocycles. The molecular weight excluding hydrogens is 328 g/mol. The van der Waals surface area contributed by atoms with Gasteiger partial charge in [-0.05, 0) is 44.4 Å². The molecule has 0 radical (unpaired) electrons. The highest BCUT2D eigenvalue weighted by atomic mass is 32.2. The molecule has 24 heavy (non-hydrogen) atoms. The standard InChI is InChI=1S/C16H32N4O3S/c1-3-17-16(19-13-15-6-10-23-11-7-15)18-12-14-4-8-20(9-5-14)24(2,21)22/h14-15H,3-13H2,1-2H3,(H2,17,18,19). The third-order valence-electron chi connectivity index (χ3n) is 4.79. The molecule has 0 amide bonds. The lowest BCUT2D eigenvalue weighted by molar-refractivity contribution is 0.0675. The van der Waals surface area contributed by atoms with Crippen LogP contribution in [0.15, 0.2) is 4.99 Å². The van der Waals surface area contributed by atoms with Crippen LogP contribution in [0.5, 0.6) is 0 Å². The first-order valence-electron chi connectivity index (χ1n) is 9.04. The quantitative estimate of drug-likeness (QED) is 0.536. The maximum Gasteiger partial charge on any atom is 0.211 e. The first-order valence-corrected chi connectivity index (χ1v) is 10.9. The first kappa shape index (κ1) is 19.5. The van der Waals surface area contributed by atoms with Gasteiger partial charge in [-0.15, -0.1) is 0 Å². The van der Waals surface area contributed by atoms with Gasteiger partial charge in [0.05, 0.1) is 6.26 Å². The monoisotopic (exact) mass is 360 g/mol. The van der Waals surface area contributed by atoms with Gasteiger partial charge in [0.25, 0.3) is 0 Å². The van der Waals surface area contributed by atoms with E-state index in [9.17, 15) is 8.42 Å². The third-order valence-corrected chi connectivity index (χ3v) is 6.10. The predicted molar refractivity (Wildman–Crippen MR) is 96.7 cm³/mol. The van der Waals surface area contributed by atoms with Crippen LogP contribution in [0.4, 0.5) is 0 Å². The van der Waals surface area contributed by atoms with Crippen LogP contribution >= 0.6 is 0 Å². The Hall–Kier alpha value is -0.860. The van der Waals surface area contributed by atoms with Gasteiger partial charge < -0.3 is 15.4 Å². The Morgan fingerprint density at radius 2 is 1.79 bits per heavy atom. The van der Waals surface area contributed by atoms with Crippen molar-refractivity contribution in [2.45, 2.75) is 32.6 Å². The summed E-state index contributed by atoms with van der Waals surface area (Å²) in [7, 11) is -3.05. The second kappa shape index (κ2) is 9.58. The Balaban J connectivity index is 1.76. The van der Waals surface area contributed by atoms with Crippen LogP contribution in [-0.4, -0.2) is 70.9 Å². The lowest BCUT2D eigenvalue weighted by Crippen LogP contribution is -2.42. The molecule has 0 aromatic carbocycles. The number of sulfonamides is 1. The molecule has 2 fully saturated rings. The van der Waals surface area contributed by atoms with Crippen molar-refractivity contribution in [1.29, 1.82) is 0 Å². The summed E-state index contributed by atoms with van der Waals surface area (Å²) in [6.45, 7) is 7.54. The molecule has 2 heterocycles. The minimum atomic E-state index is -3.05. The van der Waals surface area contributed by atoms with Crippen molar-refractivity contribution in [1.82, 2.24) is 14.9 Å². The zero-order valence-corrected chi connectivity index (χ0v) is 15.8. The Morgan fingerprint density at radius 1 is 1.12 bits per heavy atom. The van der Waals surface area contributed by atoms with E-state index >= 15 is 0 Å². The van der Waals surface area contributed by atoms with Crippen molar-refractivity contribution in [3.63, 3.8) is 0 Å². The SMILES string of the molecule is CCNC(=NCC1CCN(S(C)(=O)=O)CC1)NCC1CCOCC1. The second-order valence-corrected chi connectivity index (χ2v) is 8.74. The Labute approximate surface area is 146 Å². The van der Waals surface area contributed by atoms with Crippen LogP contribution in [0.1, 0.15) is 32.6 Å². The van der Waals surface area contributed by atoms with Crippen molar-refractivity contribution in [3.8, 4) is 0 Å². The average molecular weight is 361 g/mol. The number of hydrogen-bond donors (Lipinski definition) is 2. The van der Waals surface area contributed by atoms with E-state index in [1.54, 1.807) is 4.31 Å². The van der Waals surface area contributed by atoms with E-state index in [1.165, 1.54) is 6.26 Å². The molecule has 2 aliphatic rings. The zero-order valence-electron chi connectivity index (χ0n) is 15.0. The molecule has 0 aromatic rings.